The lowest BCUT2D eigenvalue weighted by Gasteiger charge is -2.28. The van der Waals surface area contributed by atoms with E-state index in [0.29, 0.717) is 31.7 Å². The molecule has 1 heterocycles. The van der Waals surface area contributed by atoms with Gasteiger partial charge in [-0.05, 0) is 53.6 Å². The maximum Gasteiger partial charge on any atom is 0.173 e. The fraction of sp³-hybridized carbons (Fsp3) is 0.192. The molecule has 0 atom stereocenters. The van der Waals surface area contributed by atoms with Gasteiger partial charge in [0.05, 0.1) is 28.5 Å². The van der Waals surface area contributed by atoms with Crippen LogP contribution in [0.15, 0.2) is 66.0 Å². The minimum atomic E-state index is -0.568. The first kappa shape index (κ1) is 26.0. The smallest absolute Gasteiger partial charge is 0.173 e. The molecule has 35 heavy (non-hydrogen) atoms. The Kier molecular flexibility index (Phi) is 7.79. The molecule has 3 nitrogen and oxygen atoms in total. The lowest BCUT2D eigenvalue weighted by molar-refractivity contribution is 0.275. The quantitative estimate of drug-likeness (QED) is 0.234. The van der Waals surface area contributed by atoms with Crippen molar-refractivity contribution in [3.8, 4) is 5.69 Å². The first-order chi connectivity index (χ1) is 16.6. The number of imidazole rings is 1. The van der Waals surface area contributed by atoms with Gasteiger partial charge in [-0.1, -0.05) is 72.5 Å². The van der Waals surface area contributed by atoms with Crippen LogP contribution in [0.2, 0.25) is 15.1 Å². The van der Waals surface area contributed by atoms with Crippen LogP contribution in [0, 0.1) is 11.6 Å². The van der Waals surface area contributed by atoms with Gasteiger partial charge in [0.15, 0.2) is 5.16 Å². The molecule has 4 aromatic rings. The van der Waals surface area contributed by atoms with E-state index in [1.807, 2.05) is 30.5 Å². The van der Waals surface area contributed by atoms with E-state index in [-0.39, 0.29) is 5.56 Å². The van der Waals surface area contributed by atoms with E-state index in [4.69, 9.17) is 34.8 Å². The third kappa shape index (κ3) is 5.37. The first-order valence-electron chi connectivity index (χ1n) is 10.6. The van der Waals surface area contributed by atoms with Crippen molar-refractivity contribution in [3.05, 3.63) is 110 Å². The fourth-order valence-electron chi connectivity index (χ4n) is 3.76. The van der Waals surface area contributed by atoms with Crippen molar-refractivity contribution in [1.82, 2.24) is 9.55 Å². The highest BCUT2D eigenvalue weighted by atomic mass is 35.5. The Balaban J connectivity index is 1.82. The van der Waals surface area contributed by atoms with Crippen LogP contribution in [0.25, 0.3) is 5.69 Å². The largest absolute Gasteiger partial charge is 0.392 e. The van der Waals surface area contributed by atoms with Gasteiger partial charge in [-0.2, -0.15) is 0 Å². The van der Waals surface area contributed by atoms with E-state index < -0.39 is 23.7 Å². The summed E-state index contributed by atoms with van der Waals surface area (Å²) in [5.41, 5.74) is 2.74. The second-order valence-electron chi connectivity index (χ2n) is 8.47. The number of aliphatic hydroxyl groups is 1. The summed E-state index contributed by atoms with van der Waals surface area (Å²) in [7, 11) is 0. The Bertz CT molecular complexity index is 1390. The summed E-state index contributed by atoms with van der Waals surface area (Å²) in [5, 5.41) is 11.5. The third-order valence-corrected chi connectivity index (χ3v) is 7.93. The number of aromatic nitrogens is 2. The molecule has 1 aromatic heterocycles. The summed E-state index contributed by atoms with van der Waals surface area (Å²) >= 11 is 20.1. The highest BCUT2D eigenvalue weighted by molar-refractivity contribution is 7.98. The van der Waals surface area contributed by atoms with E-state index >= 15 is 0 Å². The Morgan fingerprint density at radius 1 is 0.914 bits per heavy atom. The average Bonchev–Trinajstić information content (AvgIpc) is 3.25. The fourth-order valence-corrected chi connectivity index (χ4v) is 5.37. The molecular formula is C26H21Cl3F2N2OS. The van der Waals surface area contributed by atoms with Gasteiger partial charge in [0, 0.05) is 27.4 Å². The molecule has 3 aromatic carbocycles. The molecule has 0 aliphatic rings. The Morgan fingerprint density at radius 3 is 2.37 bits per heavy atom. The number of rotatable bonds is 7. The molecule has 0 saturated heterocycles. The molecule has 4 rings (SSSR count). The summed E-state index contributed by atoms with van der Waals surface area (Å²) in [6, 6.07) is 14.3. The lowest BCUT2D eigenvalue weighted by Crippen LogP contribution is -2.23. The number of halogens is 5. The topological polar surface area (TPSA) is 38.0 Å². The van der Waals surface area contributed by atoms with E-state index in [0.717, 1.165) is 16.8 Å². The van der Waals surface area contributed by atoms with Gasteiger partial charge < -0.3 is 5.11 Å². The second kappa shape index (κ2) is 10.5. The molecular weight excluding hydrogens is 533 g/mol. The van der Waals surface area contributed by atoms with Crippen LogP contribution < -0.4 is 0 Å². The van der Waals surface area contributed by atoms with E-state index in [1.165, 1.54) is 30.0 Å². The normalized spacial score (nSPS) is 11.8. The molecule has 182 valence electrons. The third-order valence-electron chi connectivity index (χ3n) is 5.84. The van der Waals surface area contributed by atoms with Gasteiger partial charge in [-0.25, -0.2) is 13.8 Å². The minimum absolute atomic E-state index is 0.173. The molecule has 0 amide bonds. The zero-order valence-electron chi connectivity index (χ0n) is 18.8. The molecule has 0 aliphatic heterocycles. The zero-order chi connectivity index (χ0) is 25.3. The van der Waals surface area contributed by atoms with Gasteiger partial charge in [0.25, 0.3) is 0 Å². The number of aliphatic hydroxyl groups excluding tert-OH is 1. The van der Waals surface area contributed by atoms with E-state index in [9.17, 15) is 13.9 Å². The average molecular weight is 554 g/mol. The summed E-state index contributed by atoms with van der Waals surface area (Å²) < 4.78 is 29.6. The van der Waals surface area contributed by atoms with Gasteiger partial charge in [0.1, 0.15) is 11.6 Å². The van der Waals surface area contributed by atoms with E-state index in [1.54, 1.807) is 30.5 Å². The molecule has 9 heteroatoms. The maximum atomic E-state index is 14.2. The molecule has 0 spiro atoms. The highest BCUT2D eigenvalue weighted by Crippen LogP contribution is 2.39. The number of hydrogen-bond acceptors (Lipinski definition) is 3. The standard InChI is InChI=1S/C26H21Cl3F2N2OS/c1-26(2,17-4-7-20(27)22(29)10-17)24-12-32-25(35-14-15-3-5-18(30)11-21(15)28)33(24)19-6-8-23(31)16(9-19)13-34/h3-12,34H,13-14H2,1-2H3. The summed E-state index contributed by atoms with van der Waals surface area (Å²) in [6.07, 6.45) is 1.76. The van der Waals surface area contributed by atoms with Crippen molar-refractivity contribution in [2.75, 3.05) is 0 Å². The van der Waals surface area contributed by atoms with Gasteiger partial charge in [-0.15, -0.1) is 0 Å². The molecule has 1 N–H and O–H groups in total. The van der Waals surface area contributed by atoms with Crippen molar-refractivity contribution in [1.29, 1.82) is 0 Å². The molecule has 0 bridgehead atoms. The maximum absolute atomic E-state index is 14.2. The second-order valence-corrected chi connectivity index (χ2v) is 10.6. The van der Waals surface area contributed by atoms with Crippen LogP contribution in [-0.2, 0) is 17.8 Å². The zero-order valence-corrected chi connectivity index (χ0v) is 21.9. The number of nitrogens with zero attached hydrogens (tertiary/aromatic N) is 2. The number of benzene rings is 3. The Morgan fingerprint density at radius 2 is 1.69 bits per heavy atom. The predicted octanol–water partition coefficient (Wildman–Crippen LogP) is 8.22. The molecule has 0 radical (unpaired) electrons. The number of hydrogen-bond donors (Lipinski definition) is 1. The minimum Gasteiger partial charge on any atom is -0.392 e. The SMILES string of the molecule is CC(C)(c1ccc(Cl)c(Cl)c1)c1cnc(SCc2ccc(F)cc2Cl)n1-c1ccc(F)c(CO)c1. The molecule has 0 unspecified atom stereocenters. The monoisotopic (exact) mass is 552 g/mol. The van der Waals surface area contributed by atoms with Crippen LogP contribution in [0.5, 0.6) is 0 Å². The molecule has 0 aliphatic carbocycles. The molecule has 0 saturated carbocycles. The number of thioether (sulfide) groups is 1. The molecule has 0 fully saturated rings. The predicted molar refractivity (Wildman–Crippen MR) is 139 cm³/mol. The van der Waals surface area contributed by atoms with Crippen LogP contribution in [0.4, 0.5) is 8.78 Å². The van der Waals surface area contributed by atoms with Crippen LogP contribution >= 0.6 is 46.6 Å². The Labute approximate surface area is 221 Å². The van der Waals surface area contributed by atoms with Crippen LogP contribution in [0.3, 0.4) is 0 Å². The summed E-state index contributed by atoms with van der Waals surface area (Å²) in [5.74, 6) is -0.454. The van der Waals surface area contributed by atoms with Crippen LogP contribution in [0.1, 0.15) is 36.2 Å². The van der Waals surface area contributed by atoms with Crippen molar-refractivity contribution in [2.45, 2.75) is 36.8 Å². The van der Waals surface area contributed by atoms with Crippen molar-refractivity contribution in [2.24, 2.45) is 0 Å². The van der Waals surface area contributed by atoms with Crippen molar-refractivity contribution < 1.29 is 13.9 Å². The summed E-state index contributed by atoms with van der Waals surface area (Å²) in [6.45, 7) is 3.62. The van der Waals surface area contributed by atoms with Crippen LogP contribution in [-0.4, -0.2) is 14.7 Å². The first-order valence-corrected chi connectivity index (χ1v) is 12.7. The summed E-state index contributed by atoms with van der Waals surface area (Å²) in [4.78, 5) is 4.66. The van der Waals surface area contributed by atoms with Gasteiger partial charge in [-0.3, -0.25) is 4.57 Å². The lowest BCUT2D eigenvalue weighted by atomic mass is 9.81. The van der Waals surface area contributed by atoms with E-state index in [2.05, 4.69) is 4.98 Å². The van der Waals surface area contributed by atoms with Crippen molar-refractivity contribution >= 4 is 46.6 Å². The van der Waals surface area contributed by atoms with Gasteiger partial charge >= 0.3 is 0 Å². The van der Waals surface area contributed by atoms with Gasteiger partial charge in [0.2, 0.25) is 0 Å². The highest BCUT2D eigenvalue weighted by Gasteiger charge is 2.30. The Hall–Kier alpha value is -2.09. The van der Waals surface area contributed by atoms with Crippen molar-refractivity contribution in [3.63, 3.8) is 0 Å².